The van der Waals surface area contributed by atoms with Crippen LogP contribution in [0.15, 0.2) is 53.7 Å². The predicted molar refractivity (Wildman–Crippen MR) is 116 cm³/mol. The number of hydrogen-bond acceptors (Lipinski definition) is 5. The van der Waals surface area contributed by atoms with Crippen LogP contribution in [-0.4, -0.2) is 40.1 Å². The molecule has 0 spiro atoms. The standard InChI is InChI=1S/C20H20Cl2N4O2S/c1-28-11-10-26-19(14-6-8-16(21)9-7-14)24-25-20(26)29-13-18(27)23-12-15-4-2-3-5-17(15)22/h2-9H,10-13H2,1H3,(H,23,27). The lowest BCUT2D eigenvalue weighted by Gasteiger charge is -2.10. The third-order valence-corrected chi connectivity index (χ3v) is 5.69. The first-order valence-corrected chi connectivity index (χ1v) is 10.6. The summed E-state index contributed by atoms with van der Waals surface area (Å²) in [6.45, 7) is 1.46. The van der Waals surface area contributed by atoms with Crippen LogP contribution >= 0.6 is 35.0 Å². The Hall–Kier alpha value is -2.06. The van der Waals surface area contributed by atoms with Gasteiger partial charge in [-0.2, -0.15) is 0 Å². The van der Waals surface area contributed by atoms with Crippen LogP contribution in [0.4, 0.5) is 0 Å². The van der Waals surface area contributed by atoms with Crippen LogP contribution in [0.5, 0.6) is 0 Å². The van der Waals surface area contributed by atoms with Gasteiger partial charge in [-0.05, 0) is 35.9 Å². The number of carbonyl (C=O) groups excluding carboxylic acids is 1. The van der Waals surface area contributed by atoms with Crippen molar-refractivity contribution in [3.63, 3.8) is 0 Å². The monoisotopic (exact) mass is 450 g/mol. The molecule has 1 heterocycles. The predicted octanol–water partition coefficient (Wildman–Crippen LogP) is 4.31. The lowest BCUT2D eigenvalue weighted by atomic mass is 10.2. The second kappa shape index (κ2) is 10.6. The Labute approximate surface area is 183 Å². The van der Waals surface area contributed by atoms with Gasteiger partial charge >= 0.3 is 0 Å². The number of amides is 1. The molecule has 0 bridgehead atoms. The SMILES string of the molecule is COCCn1c(SCC(=O)NCc2ccccc2Cl)nnc1-c1ccc(Cl)cc1. The number of carbonyl (C=O) groups is 1. The van der Waals surface area contributed by atoms with E-state index in [0.29, 0.717) is 40.7 Å². The molecule has 0 saturated heterocycles. The van der Waals surface area contributed by atoms with Crippen LogP contribution in [0.25, 0.3) is 11.4 Å². The first-order chi connectivity index (χ1) is 14.1. The third kappa shape index (κ3) is 5.96. The van der Waals surface area contributed by atoms with Crippen molar-refractivity contribution in [2.75, 3.05) is 19.5 Å². The number of rotatable bonds is 9. The van der Waals surface area contributed by atoms with Gasteiger partial charge in [0.05, 0.1) is 18.9 Å². The van der Waals surface area contributed by atoms with Crippen molar-refractivity contribution in [1.82, 2.24) is 20.1 Å². The van der Waals surface area contributed by atoms with Gasteiger partial charge in [-0.1, -0.05) is 53.2 Å². The number of nitrogens with zero attached hydrogens (tertiary/aromatic N) is 3. The van der Waals surface area contributed by atoms with Crippen LogP contribution in [0.2, 0.25) is 10.0 Å². The Kier molecular flexibility index (Phi) is 7.94. The van der Waals surface area contributed by atoms with E-state index >= 15 is 0 Å². The maximum atomic E-state index is 12.3. The minimum absolute atomic E-state index is 0.107. The van der Waals surface area contributed by atoms with Crippen molar-refractivity contribution in [2.45, 2.75) is 18.2 Å². The minimum atomic E-state index is -0.107. The lowest BCUT2D eigenvalue weighted by molar-refractivity contribution is -0.118. The molecule has 3 rings (SSSR count). The summed E-state index contributed by atoms with van der Waals surface area (Å²) in [5, 5.41) is 13.4. The highest BCUT2D eigenvalue weighted by Crippen LogP contribution is 2.25. The van der Waals surface area contributed by atoms with E-state index in [1.165, 1.54) is 11.8 Å². The van der Waals surface area contributed by atoms with Crippen molar-refractivity contribution < 1.29 is 9.53 Å². The van der Waals surface area contributed by atoms with Crippen molar-refractivity contribution in [3.8, 4) is 11.4 Å². The molecular formula is C20H20Cl2N4O2S. The zero-order valence-electron chi connectivity index (χ0n) is 15.8. The molecule has 3 aromatic rings. The summed E-state index contributed by atoms with van der Waals surface area (Å²) in [5.74, 6) is 0.817. The fourth-order valence-electron chi connectivity index (χ4n) is 2.61. The Morgan fingerprint density at radius 3 is 2.62 bits per heavy atom. The van der Waals surface area contributed by atoms with E-state index in [0.717, 1.165) is 11.1 Å². The fourth-order valence-corrected chi connectivity index (χ4v) is 3.73. The van der Waals surface area contributed by atoms with E-state index in [-0.39, 0.29) is 11.7 Å². The van der Waals surface area contributed by atoms with Gasteiger partial charge in [-0.25, -0.2) is 0 Å². The molecule has 0 saturated carbocycles. The van der Waals surface area contributed by atoms with E-state index < -0.39 is 0 Å². The smallest absolute Gasteiger partial charge is 0.230 e. The normalized spacial score (nSPS) is 10.9. The minimum Gasteiger partial charge on any atom is -0.383 e. The van der Waals surface area contributed by atoms with Crippen molar-refractivity contribution in [1.29, 1.82) is 0 Å². The third-order valence-electron chi connectivity index (χ3n) is 4.10. The quantitative estimate of drug-likeness (QED) is 0.491. The average molecular weight is 451 g/mol. The molecule has 0 aliphatic rings. The first-order valence-electron chi connectivity index (χ1n) is 8.89. The number of methoxy groups -OCH3 is 1. The Bertz CT molecular complexity index is 963. The highest BCUT2D eigenvalue weighted by molar-refractivity contribution is 7.99. The number of hydrogen-bond donors (Lipinski definition) is 1. The Morgan fingerprint density at radius 1 is 1.14 bits per heavy atom. The highest BCUT2D eigenvalue weighted by atomic mass is 35.5. The Balaban J connectivity index is 1.65. The number of benzene rings is 2. The van der Waals surface area contributed by atoms with Crippen LogP contribution in [0.3, 0.4) is 0 Å². The number of nitrogens with one attached hydrogen (secondary N) is 1. The zero-order valence-corrected chi connectivity index (χ0v) is 18.1. The summed E-state index contributed by atoms with van der Waals surface area (Å²) in [7, 11) is 1.64. The first kappa shape index (κ1) is 21.6. The van der Waals surface area contributed by atoms with Crippen LogP contribution in [0, 0.1) is 0 Å². The zero-order chi connectivity index (χ0) is 20.6. The molecule has 0 unspecified atom stereocenters. The average Bonchev–Trinajstić information content (AvgIpc) is 3.13. The molecule has 0 fully saturated rings. The lowest BCUT2D eigenvalue weighted by Crippen LogP contribution is -2.25. The van der Waals surface area contributed by atoms with Gasteiger partial charge < -0.3 is 10.1 Å². The summed E-state index contributed by atoms with van der Waals surface area (Å²) >= 11 is 13.4. The molecule has 152 valence electrons. The largest absolute Gasteiger partial charge is 0.383 e. The van der Waals surface area contributed by atoms with Crippen LogP contribution < -0.4 is 5.32 Å². The maximum Gasteiger partial charge on any atom is 0.230 e. The van der Waals surface area contributed by atoms with Gasteiger partial charge in [0.1, 0.15) is 0 Å². The van der Waals surface area contributed by atoms with Gasteiger partial charge in [0.15, 0.2) is 11.0 Å². The van der Waals surface area contributed by atoms with Gasteiger partial charge in [-0.3, -0.25) is 9.36 Å². The second-order valence-corrected chi connectivity index (χ2v) is 7.90. The van der Waals surface area contributed by atoms with E-state index in [1.807, 2.05) is 34.9 Å². The summed E-state index contributed by atoms with van der Waals surface area (Å²) < 4.78 is 7.15. The van der Waals surface area contributed by atoms with E-state index in [2.05, 4.69) is 15.5 Å². The van der Waals surface area contributed by atoms with Gasteiger partial charge in [-0.15, -0.1) is 10.2 Å². The topological polar surface area (TPSA) is 69.0 Å². The van der Waals surface area contributed by atoms with Gasteiger partial charge in [0.25, 0.3) is 0 Å². The molecule has 0 radical (unpaired) electrons. The second-order valence-electron chi connectivity index (χ2n) is 6.11. The fraction of sp³-hybridized carbons (Fsp3) is 0.250. The van der Waals surface area contributed by atoms with Gasteiger partial charge in [0, 0.05) is 29.3 Å². The number of aromatic nitrogens is 3. The molecule has 1 aromatic heterocycles. The molecular weight excluding hydrogens is 431 g/mol. The van der Waals surface area contributed by atoms with Crippen LogP contribution in [0.1, 0.15) is 5.56 Å². The molecule has 2 aromatic carbocycles. The number of ether oxygens (including phenoxy) is 1. The molecule has 0 atom stereocenters. The summed E-state index contributed by atoms with van der Waals surface area (Å²) in [5.41, 5.74) is 1.77. The van der Waals surface area contributed by atoms with E-state index in [9.17, 15) is 4.79 Å². The molecule has 1 amide bonds. The molecule has 0 aliphatic carbocycles. The summed E-state index contributed by atoms with van der Waals surface area (Å²) in [6, 6.07) is 14.8. The summed E-state index contributed by atoms with van der Waals surface area (Å²) in [4.78, 5) is 12.3. The highest BCUT2D eigenvalue weighted by Gasteiger charge is 2.16. The number of halogens is 2. The number of thioether (sulfide) groups is 1. The van der Waals surface area contributed by atoms with Crippen molar-refractivity contribution >= 4 is 40.9 Å². The van der Waals surface area contributed by atoms with Crippen molar-refractivity contribution in [2.24, 2.45) is 0 Å². The molecule has 29 heavy (non-hydrogen) atoms. The molecule has 6 nitrogen and oxygen atoms in total. The van der Waals surface area contributed by atoms with Gasteiger partial charge in [0.2, 0.25) is 5.91 Å². The van der Waals surface area contributed by atoms with Crippen LogP contribution in [-0.2, 0) is 22.6 Å². The van der Waals surface area contributed by atoms with E-state index in [4.69, 9.17) is 27.9 Å². The molecule has 0 aliphatic heterocycles. The summed E-state index contributed by atoms with van der Waals surface area (Å²) in [6.07, 6.45) is 0. The maximum absolute atomic E-state index is 12.3. The van der Waals surface area contributed by atoms with Crippen molar-refractivity contribution in [3.05, 3.63) is 64.1 Å². The Morgan fingerprint density at radius 2 is 1.90 bits per heavy atom. The van der Waals surface area contributed by atoms with E-state index in [1.54, 1.807) is 25.3 Å². The molecule has 9 heteroatoms. The molecule has 1 N–H and O–H groups in total.